The standard InChI is InChI=1S/C12H12ClN3O2/c1-7-5-8(16-18-7)6-15-12(17)9-3-2-4-10(13)11(9)14/h2-5H,6,14H2,1H3,(H,15,17). The van der Waals surface area contributed by atoms with Crippen molar-refractivity contribution in [2.24, 2.45) is 0 Å². The molecule has 0 saturated carbocycles. The third-order valence-electron chi connectivity index (χ3n) is 2.40. The number of carbonyl (C=O) groups is 1. The molecule has 0 bridgehead atoms. The van der Waals surface area contributed by atoms with E-state index in [1.165, 1.54) is 0 Å². The maximum Gasteiger partial charge on any atom is 0.253 e. The first-order chi connectivity index (χ1) is 8.58. The molecule has 0 unspecified atom stereocenters. The summed E-state index contributed by atoms with van der Waals surface area (Å²) in [5, 5.41) is 6.83. The number of hydrogen-bond acceptors (Lipinski definition) is 4. The second-order valence-corrected chi connectivity index (χ2v) is 4.22. The molecule has 0 fully saturated rings. The number of nitrogens with zero attached hydrogens (tertiary/aromatic N) is 1. The zero-order valence-corrected chi connectivity index (χ0v) is 10.5. The number of benzene rings is 1. The van der Waals surface area contributed by atoms with Crippen LogP contribution in [0.25, 0.3) is 0 Å². The largest absolute Gasteiger partial charge is 0.397 e. The molecule has 2 aromatic rings. The van der Waals surface area contributed by atoms with E-state index in [1.54, 1.807) is 31.2 Å². The van der Waals surface area contributed by atoms with Crippen molar-refractivity contribution in [1.82, 2.24) is 10.5 Å². The summed E-state index contributed by atoms with van der Waals surface area (Å²) in [6.07, 6.45) is 0. The van der Waals surface area contributed by atoms with E-state index in [9.17, 15) is 4.79 Å². The summed E-state index contributed by atoms with van der Waals surface area (Å²) in [5.41, 5.74) is 7.00. The van der Waals surface area contributed by atoms with E-state index in [-0.39, 0.29) is 18.1 Å². The molecule has 5 nitrogen and oxygen atoms in total. The summed E-state index contributed by atoms with van der Waals surface area (Å²) in [6, 6.07) is 6.68. The van der Waals surface area contributed by atoms with Gasteiger partial charge in [0.25, 0.3) is 5.91 Å². The summed E-state index contributed by atoms with van der Waals surface area (Å²) < 4.78 is 4.90. The van der Waals surface area contributed by atoms with Crippen molar-refractivity contribution in [2.45, 2.75) is 13.5 Å². The molecule has 1 heterocycles. The number of carbonyl (C=O) groups excluding carboxylic acids is 1. The normalized spacial score (nSPS) is 10.3. The lowest BCUT2D eigenvalue weighted by atomic mass is 10.1. The number of halogens is 1. The number of nitrogen functional groups attached to an aromatic ring is 1. The topological polar surface area (TPSA) is 81.2 Å². The fourth-order valence-electron chi connectivity index (χ4n) is 1.50. The predicted octanol–water partition coefficient (Wildman–Crippen LogP) is 2.15. The van der Waals surface area contributed by atoms with Gasteiger partial charge in [0.2, 0.25) is 0 Å². The Balaban J connectivity index is 2.06. The minimum absolute atomic E-state index is 0.271. The molecule has 0 spiro atoms. The van der Waals surface area contributed by atoms with Crippen molar-refractivity contribution in [3.05, 3.63) is 46.3 Å². The van der Waals surface area contributed by atoms with Crippen molar-refractivity contribution in [3.8, 4) is 0 Å². The molecule has 1 aromatic carbocycles. The number of rotatable bonds is 3. The third-order valence-corrected chi connectivity index (χ3v) is 2.73. The lowest BCUT2D eigenvalue weighted by Gasteiger charge is -2.07. The molecule has 6 heteroatoms. The first kappa shape index (κ1) is 12.4. The Morgan fingerprint density at radius 1 is 1.56 bits per heavy atom. The van der Waals surface area contributed by atoms with Crippen LogP contribution in [0.2, 0.25) is 5.02 Å². The molecule has 3 N–H and O–H groups in total. The monoisotopic (exact) mass is 265 g/mol. The number of nitrogens with one attached hydrogen (secondary N) is 1. The van der Waals surface area contributed by atoms with E-state index in [1.807, 2.05) is 0 Å². The highest BCUT2D eigenvalue weighted by Gasteiger charge is 2.12. The van der Waals surface area contributed by atoms with E-state index < -0.39 is 0 Å². The molecule has 0 atom stereocenters. The SMILES string of the molecule is Cc1cc(CNC(=O)c2cccc(Cl)c2N)no1. The number of para-hydroxylation sites is 1. The Morgan fingerprint density at radius 3 is 3.00 bits per heavy atom. The minimum Gasteiger partial charge on any atom is -0.397 e. The second-order valence-electron chi connectivity index (χ2n) is 3.81. The van der Waals surface area contributed by atoms with Gasteiger partial charge in [0.1, 0.15) is 11.5 Å². The van der Waals surface area contributed by atoms with Crippen molar-refractivity contribution in [2.75, 3.05) is 5.73 Å². The number of aromatic nitrogens is 1. The molecule has 0 aliphatic carbocycles. The Hall–Kier alpha value is -2.01. The summed E-state index contributed by atoms with van der Waals surface area (Å²) in [6.45, 7) is 2.06. The average Bonchev–Trinajstić information content (AvgIpc) is 2.76. The number of nitrogens with two attached hydrogens (primary N) is 1. The van der Waals surface area contributed by atoms with Gasteiger partial charge in [0, 0.05) is 6.07 Å². The molecule has 0 saturated heterocycles. The first-order valence-electron chi connectivity index (χ1n) is 5.32. The van der Waals surface area contributed by atoms with Crippen molar-refractivity contribution in [1.29, 1.82) is 0 Å². The fourth-order valence-corrected chi connectivity index (χ4v) is 1.68. The Kier molecular flexibility index (Phi) is 3.53. The zero-order chi connectivity index (χ0) is 13.1. The van der Waals surface area contributed by atoms with Crippen molar-refractivity contribution >= 4 is 23.2 Å². The molecule has 2 rings (SSSR count). The smallest absolute Gasteiger partial charge is 0.253 e. The van der Waals surface area contributed by atoms with Crippen LogP contribution in [0.1, 0.15) is 21.8 Å². The molecular formula is C12H12ClN3O2. The van der Waals surface area contributed by atoms with Gasteiger partial charge in [0.05, 0.1) is 22.8 Å². The highest BCUT2D eigenvalue weighted by atomic mass is 35.5. The van der Waals surface area contributed by atoms with Gasteiger partial charge in [-0.05, 0) is 19.1 Å². The molecular weight excluding hydrogens is 254 g/mol. The number of aryl methyl sites for hydroxylation is 1. The van der Waals surface area contributed by atoms with Crippen LogP contribution in [0.3, 0.4) is 0 Å². The van der Waals surface area contributed by atoms with Crippen molar-refractivity contribution < 1.29 is 9.32 Å². The highest BCUT2D eigenvalue weighted by Crippen LogP contribution is 2.22. The fraction of sp³-hybridized carbons (Fsp3) is 0.167. The average molecular weight is 266 g/mol. The van der Waals surface area contributed by atoms with Gasteiger partial charge in [0.15, 0.2) is 0 Å². The third kappa shape index (κ3) is 2.62. The van der Waals surface area contributed by atoms with Crippen LogP contribution in [-0.4, -0.2) is 11.1 Å². The maximum absolute atomic E-state index is 11.9. The molecule has 18 heavy (non-hydrogen) atoms. The number of hydrogen-bond donors (Lipinski definition) is 2. The lowest BCUT2D eigenvalue weighted by Crippen LogP contribution is -2.24. The van der Waals surface area contributed by atoms with Crippen LogP contribution in [-0.2, 0) is 6.54 Å². The quantitative estimate of drug-likeness (QED) is 0.833. The van der Waals surface area contributed by atoms with Gasteiger partial charge < -0.3 is 15.6 Å². The Labute approximate surface area is 109 Å². The van der Waals surface area contributed by atoms with Gasteiger partial charge in [-0.2, -0.15) is 0 Å². The number of anilines is 1. The molecule has 1 aromatic heterocycles. The molecule has 94 valence electrons. The second kappa shape index (κ2) is 5.10. The minimum atomic E-state index is -0.296. The van der Waals surface area contributed by atoms with Gasteiger partial charge in [-0.25, -0.2) is 0 Å². The predicted molar refractivity (Wildman–Crippen MR) is 68.3 cm³/mol. The summed E-state index contributed by atoms with van der Waals surface area (Å²) >= 11 is 5.85. The zero-order valence-electron chi connectivity index (χ0n) is 9.74. The van der Waals surface area contributed by atoms with Crippen LogP contribution in [0, 0.1) is 6.92 Å². The van der Waals surface area contributed by atoms with Crippen molar-refractivity contribution in [3.63, 3.8) is 0 Å². The van der Waals surface area contributed by atoms with E-state index in [0.29, 0.717) is 22.0 Å². The molecule has 0 aliphatic heterocycles. The van der Waals surface area contributed by atoms with E-state index in [0.717, 1.165) is 0 Å². The van der Waals surface area contributed by atoms with E-state index in [2.05, 4.69) is 10.5 Å². The van der Waals surface area contributed by atoms with Crippen LogP contribution >= 0.6 is 11.6 Å². The van der Waals surface area contributed by atoms with E-state index >= 15 is 0 Å². The first-order valence-corrected chi connectivity index (χ1v) is 5.70. The molecule has 0 aliphatic rings. The van der Waals surface area contributed by atoms with E-state index in [4.69, 9.17) is 21.9 Å². The lowest BCUT2D eigenvalue weighted by molar-refractivity contribution is 0.0951. The summed E-state index contributed by atoms with van der Waals surface area (Å²) in [7, 11) is 0. The molecule has 0 radical (unpaired) electrons. The maximum atomic E-state index is 11.9. The highest BCUT2D eigenvalue weighted by molar-refractivity contribution is 6.33. The summed E-state index contributed by atoms with van der Waals surface area (Å²) in [4.78, 5) is 11.9. The van der Waals surface area contributed by atoms with Gasteiger partial charge in [-0.3, -0.25) is 4.79 Å². The van der Waals surface area contributed by atoms with Crippen LogP contribution in [0.5, 0.6) is 0 Å². The van der Waals surface area contributed by atoms with Gasteiger partial charge in [-0.1, -0.05) is 22.8 Å². The van der Waals surface area contributed by atoms with Gasteiger partial charge >= 0.3 is 0 Å². The number of amides is 1. The Morgan fingerprint density at radius 2 is 2.33 bits per heavy atom. The summed E-state index contributed by atoms with van der Waals surface area (Å²) in [5.74, 6) is 0.400. The van der Waals surface area contributed by atoms with Crippen LogP contribution in [0.4, 0.5) is 5.69 Å². The molecule has 1 amide bonds. The van der Waals surface area contributed by atoms with Crippen LogP contribution in [0.15, 0.2) is 28.8 Å². The Bertz CT molecular complexity index is 580. The van der Waals surface area contributed by atoms with Gasteiger partial charge in [-0.15, -0.1) is 0 Å². The van der Waals surface area contributed by atoms with Crippen LogP contribution < -0.4 is 11.1 Å².